The van der Waals surface area contributed by atoms with Crippen LogP contribution in [-0.2, 0) is 4.79 Å². The van der Waals surface area contributed by atoms with E-state index in [1.807, 2.05) is 0 Å². The predicted octanol–water partition coefficient (Wildman–Crippen LogP) is 3.36. The Hall–Kier alpha value is -0.570. The lowest BCUT2D eigenvalue weighted by molar-refractivity contribution is -0.128. The number of hydrogen-bond donors (Lipinski definition) is 2. The molecular formula is C18H33NO2. The first kappa shape index (κ1) is 16.8. The second-order valence-corrected chi connectivity index (χ2v) is 8.01. The molecule has 0 bridgehead atoms. The maximum Gasteiger partial charge on any atom is 0.223 e. The van der Waals surface area contributed by atoms with E-state index in [9.17, 15) is 9.90 Å². The largest absolute Gasteiger partial charge is 0.393 e. The lowest BCUT2D eigenvalue weighted by atomic mass is 9.72. The van der Waals surface area contributed by atoms with Gasteiger partial charge in [-0.2, -0.15) is 0 Å². The zero-order valence-electron chi connectivity index (χ0n) is 14.1. The number of amides is 1. The van der Waals surface area contributed by atoms with Crippen molar-refractivity contribution in [3.05, 3.63) is 0 Å². The summed E-state index contributed by atoms with van der Waals surface area (Å²) in [5.41, 5.74) is 0. The van der Waals surface area contributed by atoms with Crippen molar-refractivity contribution < 1.29 is 9.90 Å². The number of rotatable bonds is 3. The Bertz CT molecular complexity index is 355. The number of aliphatic hydroxyl groups excluding tert-OH is 1. The Balaban J connectivity index is 1.92. The van der Waals surface area contributed by atoms with Crippen LogP contribution < -0.4 is 5.32 Å². The molecule has 0 aliphatic heterocycles. The van der Waals surface area contributed by atoms with E-state index in [1.165, 1.54) is 12.8 Å². The molecule has 3 nitrogen and oxygen atoms in total. The zero-order valence-corrected chi connectivity index (χ0v) is 14.1. The fourth-order valence-corrected chi connectivity index (χ4v) is 4.29. The van der Waals surface area contributed by atoms with Crippen LogP contribution in [0.5, 0.6) is 0 Å². The smallest absolute Gasteiger partial charge is 0.223 e. The highest BCUT2D eigenvalue weighted by molar-refractivity contribution is 5.79. The fourth-order valence-electron chi connectivity index (χ4n) is 4.29. The minimum atomic E-state index is -0.206. The van der Waals surface area contributed by atoms with Crippen molar-refractivity contribution in [3.8, 4) is 0 Å². The van der Waals surface area contributed by atoms with Crippen LogP contribution >= 0.6 is 0 Å². The first-order valence-corrected chi connectivity index (χ1v) is 8.87. The average Bonchev–Trinajstić information content (AvgIpc) is 2.41. The fraction of sp³-hybridized carbons (Fsp3) is 0.944. The van der Waals surface area contributed by atoms with Gasteiger partial charge in [0.05, 0.1) is 6.10 Å². The van der Waals surface area contributed by atoms with Crippen molar-refractivity contribution in [1.29, 1.82) is 0 Å². The molecule has 0 aromatic carbocycles. The first-order chi connectivity index (χ1) is 9.88. The lowest BCUT2D eigenvalue weighted by Gasteiger charge is -2.40. The molecule has 0 aromatic heterocycles. The van der Waals surface area contributed by atoms with Gasteiger partial charge in [0, 0.05) is 12.0 Å². The highest BCUT2D eigenvalue weighted by Crippen LogP contribution is 2.35. The SMILES string of the molecule is CC1CCCC(C(=O)NC2CC(C(C)C)C(O)CC2C)C1. The summed E-state index contributed by atoms with van der Waals surface area (Å²) in [6, 6.07) is 0.241. The summed E-state index contributed by atoms with van der Waals surface area (Å²) < 4.78 is 0. The molecule has 0 saturated heterocycles. The Morgan fingerprint density at radius 2 is 1.86 bits per heavy atom. The van der Waals surface area contributed by atoms with Crippen molar-refractivity contribution in [2.75, 3.05) is 0 Å². The van der Waals surface area contributed by atoms with Crippen molar-refractivity contribution in [2.45, 2.75) is 78.4 Å². The standard InChI is InChI=1S/C18H33NO2/c1-11(2)15-10-16(13(4)9-17(15)20)19-18(21)14-7-5-6-12(3)8-14/h11-17,20H,5-10H2,1-4H3,(H,19,21). The monoisotopic (exact) mass is 295 g/mol. The molecule has 1 amide bonds. The molecule has 2 rings (SSSR count). The highest BCUT2D eigenvalue weighted by Gasteiger charge is 2.37. The number of aliphatic hydroxyl groups is 1. The van der Waals surface area contributed by atoms with Crippen molar-refractivity contribution in [2.24, 2.45) is 29.6 Å². The normalized spacial score (nSPS) is 41.0. The van der Waals surface area contributed by atoms with E-state index in [1.54, 1.807) is 0 Å². The third kappa shape index (κ3) is 4.21. The molecule has 6 unspecified atom stereocenters. The minimum absolute atomic E-state index is 0.206. The molecule has 2 aliphatic carbocycles. The third-order valence-corrected chi connectivity index (χ3v) is 5.81. The summed E-state index contributed by atoms with van der Waals surface area (Å²) in [5, 5.41) is 13.5. The predicted molar refractivity (Wildman–Crippen MR) is 85.8 cm³/mol. The molecule has 0 heterocycles. The van der Waals surface area contributed by atoms with Gasteiger partial charge in [-0.3, -0.25) is 4.79 Å². The quantitative estimate of drug-likeness (QED) is 0.839. The molecule has 2 saturated carbocycles. The molecule has 0 spiro atoms. The molecule has 0 aromatic rings. The topological polar surface area (TPSA) is 49.3 Å². The Morgan fingerprint density at radius 1 is 1.14 bits per heavy atom. The zero-order chi connectivity index (χ0) is 15.6. The second kappa shape index (κ2) is 7.13. The second-order valence-electron chi connectivity index (χ2n) is 8.01. The van der Waals surface area contributed by atoms with Gasteiger partial charge in [0.2, 0.25) is 5.91 Å². The van der Waals surface area contributed by atoms with Gasteiger partial charge in [-0.15, -0.1) is 0 Å². The van der Waals surface area contributed by atoms with Crippen LogP contribution in [0, 0.1) is 29.6 Å². The first-order valence-electron chi connectivity index (χ1n) is 8.87. The number of carbonyl (C=O) groups excluding carboxylic acids is 1. The van der Waals surface area contributed by atoms with Gasteiger partial charge in [-0.25, -0.2) is 0 Å². The van der Waals surface area contributed by atoms with E-state index in [4.69, 9.17) is 0 Å². The summed E-state index contributed by atoms with van der Waals surface area (Å²) in [5.74, 6) is 2.32. The Kier molecular flexibility index (Phi) is 5.70. The van der Waals surface area contributed by atoms with Crippen LogP contribution in [0.3, 0.4) is 0 Å². The van der Waals surface area contributed by atoms with Gasteiger partial charge in [0.15, 0.2) is 0 Å². The van der Waals surface area contributed by atoms with Crippen molar-refractivity contribution >= 4 is 5.91 Å². The summed E-state index contributed by atoms with van der Waals surface area (Å²) in [6.07, 6.45) is 6.08. The molecule has 6 atom stereocenters. The van der Waals surface area contributed by atoms with Gasteiger partial charge >= 0.3 is 0 Å². The summed E-state index contributed by atoms with van der Waals surface area (Å²) in [4.78, 5) is 12.5. The molecule has 2 fully saturated rings. The van der Waals surface area contributed by atoms with Gasteiger partial charge in [-0.05, 0) is 49.4 Å². The Labute approximate surface area is 129 Å². The van der Waals surface area contributed by atoms with E-state index in [-0.39, 0.29) is 24.0 Å². The Morgan fingerprint density at radius 3 is 2.48 bits per heavy atom. The number of nitrogens with one attached hydrogen (secondary N) is 1. The van der Waals surface area contributed by atoms with Crippen LogP contribution in [0.4, 0.5) is 0 Å². The molecule has 3 heteroatoms. The third-order valence-electron chi connectivity index (χ3n) is 5.81. The van der Waals surface area contributed by atoms with Crippen LogP contribution in [-0.4, -0.2) is 23.2 Å². The van der Waals surface area contributed by atoms with Gasteiger partial charge in [0.1, 0.15) is 0 Å². The highest BCUT2D eigenvalue weighted by atomic mass is 16.3. The number of carbonyl (C=O) groups is 1. The van der Waals surface area contributed by atoms with Gasteiger partial charge < -0.3 is 10.4 Å². The maximum atomic E-state index is 12.5. The van der Waals surface area contributed by atoms with E-state index < -0.39 is 0 Å². The molecular weight excluding hydrogens is 262 g/mol. The maximum absolute atomic E-state index is 12.5. The van der Waals surface area contributed by atoms with Crippen molar-refractivity contribution in [1.82, 2.24) is 5.32 Å². The summed E-state index contributed by atoms with van der Waals surface area (Å²) >= 11 is 0. The van der Waals surface area contributed by atoms with Crippen LogP contribution in [0.15, 0.2) is 0 Å². The average molecular weight is 295 g/mol. The van der Waals surface area contributed by atoms with E-state index in [2.05, 4.69) is 33.0 Å². The molecule has 122 valence electrons. The van der Waals surface area contributed by atoms with Crippen LogP contribution in [0.2, 0.25) is 0 Å². The lowest BCUT2D eigenvalue weighted by Crippen LogP contribution is -2.50. The van der Waals surface area contributed by atoms with E-state index in [0.29, 0.717) is 23.7 Å². The minimum Gasteiger partial charge on any atom is -0.393 e. The molecule has 2 aliphatic rings. The van der Waals surface area contributed by atoms with Gasteiger partial charge in [-0.1, -0.05) is 40.5 Å². The van der Waals surface area contributed by atoms with E-state index in [0.717, 1.165) is 25.7 Å². The van der Waals surface area contributed by atoms with Crippen LogP contribution in [0.1, 0.15) is 66.2 Å². The molecule has 0 radical (unpaired) electrons. The summed E-state index contributed by atoms with van der Waals surface area (Å²) in [6.45, 7) is 8.76. The summed E-state index contributed by atoms with van der Waals surface area (Å²) in [7, 11) is 0. The molecule has 2 N–H and O–H groups in total. The van der Waals surface area contributed by atoms with Crippen LogP contribution in [0.25, 0.3) is 0 Å². The van der Waals surface area contributed by atoms with Crippen molar-refractivity contribution in [3.63, 3.8) is 0 Å². The van der Waals surface area contributed by atoms with E-state index >= 15 is 0 Å². The van der Waals surface area contributed by atoms with Gasteiger partial charge in [0.25, 0.3) is 0 Å². The number of hydrogen-bond acceptors (Lipinski definition) is 2. The molecule has 21 heavy (non-hydrogen) atoms.